The molecule has 0 aliphatic heterocycles. The van der Waals surface area contributed by atoms with Crippen LogP contribution < -0.4 is 11.1 Å². The van der Waals surface area contributed by atoms with E-state index in [9.17, 15) is 14.4 Å². The predicted octanol–water partition coefficient (Wildman–Crippen LogP) is 3.77. The Morgan fingerprint density at radius 3 is 2.54 bits per heavy atom. The predicted molar refractivity (Wildman–Crippen MR) is 136 cm³/mol. The molecule has 3 amide bonds. The lowest BCUT2D eigenvalue weighted by molar-refractivity contribution is -0.116. The van der Waals surface area contributed by atoms with Crippen LogP contribution in [0, 0.1) is 0 Å². The van der Waals surface area contributed by atoms with Crippen LogP contribution >= 0.6 is 11.3 Å². The van der Waals surface area contributed by atoms with E-state index in [2.05, 4.69) is 10.4 Å². The minimum absolute atomic E-state index is 0.122. The molecule has 3 heterocycles. The van der Waals surface area contributed by atoms with Crippen molar-refractivity contribution < 1.29 is 14.4 Å². The van der Waals surface area contributed by atoms with E-state index in [4.69, 9.17) is 10.7 Å². The Morgan fingerprint density at radius 2 is 1.91 bits per heavy atom. The van der Waals surface area contributed by atoms with Crippen molar-refractivity contribution in [1.29, 1.82) is 0 Å². The lowest BCUT2D eigenvalue weighted by atomic mass is 10.1. The molecule has 4 aromatic rings. The molecule has 0 saturated heterocycles. The summed E-state index contributed by atoms with van der Waals surface area (Å²) in [4.78, 5) is 44.7. The second-order valence-corrected chi connectivity index (χ2v) is 8.80. The van der Waals surface area contributed by atoms with Crippen molar-refractivity contribution in [2.45, 2.75) is 26.8 Å². The molecule has 0 fully saturated rings. The van der Waals surface area contributed by atoms with Crippen LogP contribution in [0.3, 0.4) is 0 Å². The van der Waals surface area contributed by atoms with Crippen molar-refractivity contribution in [2.75, 3.05) is 18.4 Å². The minimum Gasteiger partial charge on any atom is -0.366 e. The number of benzene rings is 1. The third-order valence-corrected chi connectivity index (χ3v) is 6.54. The largest absolute Gasteiger partial charge is 0.366 e. The van der Waals surface area contributed by atoms with Gasteiger partial charge in [0.1, 0.15) is 0 Å². The molecule has 0 saturated carbocycles. The number of nitrogens with zero attached hydrogens (tertiary/aromatic N) is 4. The lowest BCUT2D eigenvalue weighted by Gasteiger charge is -2.21. The summed E-state index contributed by atoms with van der Waals surface area (Å²) < 4.78 is 1.77. The first-order valence-corrected chi connectivity index (χ1v) is 12.2. The van der Waals surface area contributed by atoms with Gasteiger partial charge in [-0.3, -0.25) is 14.4 Å². The molecule has 9 nitrogen and oxygen atoms in total. The number of primary amides is 1. The average molecular weight is 491 g/mol. The zero-order valence-electron chi connectivity index (χ0n) is 19.5. The Labute approximate surface area is 206 Å². The number of rotatable bonds is 9. The number of carbonyl (C=O) groups excluding carboxylic acids is 3. The normalized spacial score (nSPS) is 10.9. The number of pyridine rings is 1. The molecule has 0 radical (unpaired) electrons. The fourth-order valence-electron chi connectivity index (χ4n) is 3.76. The molecular weight excluding hydrogens is 464 g/mol. The van der Waals surface area contributed by atoms with Crippen LogP contribution in [0.4, 0.5) is 5.69 Å². The molecular formula is C25H26N6O3S. The van der Waals surface area contributed by atoms with E-state index in [0.29, 0.717) is 40.9 Å². The standard InChI is InChI=1S/C25H26N6O3S/c1-3-30(12-11-22(32)28-17-9-7-16(8-10-17)23(26)33)25(34)18-14-20(21-6-5-13-35-21)29-24-19(18)15-27-31(24)4-2/h5-10,13-15H,3-4,11-12H2,1-2H3,(H2,26,33)(H,28,32). The second-order valence-electron chi connectivity index (χ2n) is 7.85. The van der Waals surface area contributed by atoms with Gasteiger partial charge in [-0.1, -0.05) is 6.07 Å². The van der Waals surface area contributed by atoms with Gasteiger partial charge < -0.3 is 16.0 Å². The molecule has 0 unspecified atom stereocenters. The van der Waals surface area contributed by atoms with Gasteiger partial charge in [-0.25, -0.2) is 9.67 Å². The number of carbonyl (C=O) groups is 3. The van der Waals surface area contributed by atoms with Crippen molar-refractivity contribution in [3.63, 3.8) is 0 Å². The lowest BCUT2D eigenvalue weighted by Crippen LogP contribution is -2.34. The molecule has 0 aliphatic rings. The zero-order chi connectivity index (χ0) is 24.9. The fraction of sp³-hybridized carbons (Fsp3) is 0.240. The molecule has 4 rings (SSSR count). The molecule has 1 aromatic carbocycles. The summed E-state index contributed by atoms with van der Waals surface area (Å²) in [7, 11) is 0. The monoisotopic (exact) mass is 490 g/mol. The number of anilines is 1. The van der Waals surface area contributed by atoms with Crippen molar-refractivity contribution in [2.24, 2.45) is 5.73 Å². The average Bonchev–Trinajstić information content (AvgIpc) is 3.54. The Hall–Kier alpha value is -4.05. The fourth-order valence-corrected chi connectivity index (χ4v) is 4.44. The molecule has 35 heavy (non-hydrogen) atoms. The third-order valence-electron chi connectivity index (χ3n) is 5.64. The van der Waals surface area contributed by atoms with E-state index >= 15 is 0 Å². The summed E-state index contributed by atoms with van der Waals surface area (Å²) in [6.45, 7) is 5.19. The maximum atomic E-state index is 13.6. The molecule has 0 atom stereocenters. The topological polar surface area (TPSA) is 123 Å². The van der Waals surface area contributed by atoms with Crippen LogP contribution in [0.15, 0.2) is 54.0 Å². The van der Waals surface area contributed by atoms with E-state index in [1.54, 1.807) is 57.4 Å². The molecule has 0 bridgehead atoms. The Balaban J connectivity index is 1.52. The number of hydrogen-bond acceptors (Lipinski definition) is 6. The third kappa shape index (κ3) is 5.22. The van der Waals surface area contributed by atoms with Crippen molar-refractivity contribution in [3.8, 4) is 10.6 Å². The molecule has 180 valence electrons. The first-order chi connectivity index (χ1) is 16.9. The highest BCUT2D eigenvalue weighted by molar-refractivity contribution is 7.13. The number of aromatic nitrogens is 3. The number of aryl methyl sites for hydroxylation is 1. The number of nitrogens with one attached hydrogen (secondary N) is 1. The Kier molecular flexibility index (Phi) is 7.21. The van der Waals surface area contributed by atoms with E-state index < -0.39 is 5.91 Å². The Bertz CT molecular complexity index is 1360. The summed E-state index contributed by atoms with van der Waals surface area (Å²) in [5, 5.41) is 9.84. The van der Waals surface area contributed by atoms with Crippen LogP contribution in [0.5, 0.6) is 0 Å². The van der Waals surface area contributed by atoms with Crippen molar-refractivity contribution >= 4 is 45.8 Å². The summed E-state index contributed by atoms with van der Waals surface area (Å²) in [5.41, 5.74) is 8.06. The summed E-state index contributed by atoms with van der Waals surface area (Å²) in [6, 6.07) is 12.1. The van der Waals surface area contributed by atoms with Gasteiger partial charge in [-0.15, -0.1) is 11.3 Å². The zero-order valence-corrected chi connectivity index (χ0v) is 20.3. The number of hydrogen-bond donors (Lipinski definition) is 2. The molecule has 10 heteroatoms. The maximum absolute atomic E-state index is 13.6. The van der Waals surface area contributed by atoms with Crippen LogP contribution in [0.2, 0.25) is 0 Å². The van der Waals surface area contributed by atoms with Crippen LogP contribution in [-0.4, -0.2) is 50.5 Å². The van der Waals surface area contributed by atoms with Gasteiger partial charge in [0.25, 0.3) is 5.91 Å². The van der Waals surface area contributed by atoms with E-state index in [1.807, 2.05) is 31.4 Å². The second kappa shape index (κ2) is 10.5. The van der Waals surface area contributed by atoms with Crippen LogP contribution in [-0.2, 0) is 11.3 Å². The van der Waals surface area contributed by atoms with Crippen LogP contribution in [0.25, 0.3) is 21.6 Å². The van der Waals surface area contributed by atoms with Gasteiger partial charge in [-0.2, -0.15) is 5.10 Å². The van der Waals surface area contributed by atoms with Gasteiger partial charge in [0.2, 0.25) is 11.8 Å². The van der Waals surface area contributed by atoms with Crippen LogP contribution in [0.1, 0.15) is 41.0 Å². The molecule has 3 aromatic heterocycles. The smallest absolute Gasteiger partial charge is 0.254 e. The summed E-state index contributed by atoms with van der Waals surface area (Å²) in [6.07, 6.45) is 1.80. The van der Waals surface area contributed by atoms with Gasteiger partial charge in [-0.05, 0) is 55.6 Å². The highest BCUT2D eigenvalue weighted by atomic mass is 32.1. The minimum atomic E-state index is -0.531. The highest BCUT2D eigenvalue weighted by Crippen LogP contribution is 2.28. The quantitative estimate of drug-likeness (QED) is 0.370. The number of nitrogens with two attached hydrogens (primary N) is 1. The van der Waals surface area contributed by atoms with E-state index in [0.717, 1.165) is 10.6 Å². The molecule has 0 aliphatic carbocycles. The molecule has 3 N–H and O–H groups in total. The first-order valence-electron chi connectivity index (χ1n) is 11.3. The first kappa shape index (κ1) is 24.1. The van der Waals surface area contributed by atoms with Crippen molar-refractivity contribution in [1.82, 2.24) is 19.7 Å². The molecule has 0 spiro atoms. The number of amides is 3. The van der Waals surface area contributed by atoms with E-state index in [1.165, 1.54) is 0 Å². The van der Waals surface area contributed by atoms with E-state index in [-0.39, 0.29) is 24.8 Å². The summed E-state index contributed by atoms with van der Waals surface area (Å²) >= 11 is 1.56. The van der Waals surface area contributed by atoms with Gasteiger partial charge >= 0.3 is 0 Å². The number of fused-ring (bicyclic) bond motifs is 1. The van der Waals surface area contributed by atoms with Gasteiger partial charge in [0.05, 0.1) is 27.7 Å². The number of thiophene rings is 1. The Morgan fingerprint density at radius 1 is 1.14 bits per heavy atom. The SMILES string of the molecule is CCN(CCC(=O)Nc1ccc(C(N)=O)cc1)C(=O)c1cc(-c2cccs2)nc2c1cnn2CC. The summed E-state index contributed by atoms with van der Waals surface area (Å²) in [5.74, 6) is -0.940. The van der Waals surface area contributed by atoms with Crippen molar-refractivity contribution in [3.05, 3.63) is 65.2 Å². The maximum Gasteiger partial charge on any atom is 0.254 e. The van der Waals surface area contributed by atoms with Gasteiger partial charge in [0.15, 0.2) is 5.65 Å². The highest BCUT2D eigenvalue weighted by Gasteiger charge is 2.22. The van der Waals surface area contributed by atoms with Gasteiger partial charge in [0, 0.05) is 37.3 Å².